The van der Waals surface area contributed by atoms with Crippen molar-refractivity contribution in [3.8, 4) is 0 Å². The van der Waals surface area contributed by atoms with Crippen LogP contribution in [0, 0.1) is 11.6 Å². The van der Waals surface area contributed by atoms with E-state index in [9.17, 15) is 23.2 Å². The highest BCUT2D eigenvalue weighted by molar-refractivity contribution is 7.98. The first kappa shape index (κ1) is 20.7. The van der Waals surface area contributed by atoms with Gasteiger partial charge in [-0.15, -0.1) is 0 Å². The topological polar surface area (TPSA) is 104 Å². The summed E-state index contributed by atoms with van der Waals surface area (Å²) in [6.07, 6.45) is -0.322. The average molecular weight is 442 g/mol. The maximum Gasteiger partial charge on any atom is 0.257 e. The molecule has 2 aromatic carbocycles. The van der Waals surface area contributed by atoms with Crippen molar-refractivity contribution in [3.05, 3.63) is 81.6 Å². The van der Waals surface area contributed by atoms with E-state index in [-0.39, 0.29) is 28.6 Å². The second-order valence-corrected chi connectivity index (χ2v) is 7.79. The van der Waals surface area contributed by atoms with Crippen molar-refractivity contribution in [2.75, 3.05) is 10.6 Å². The molecule has 0 bridgehead atoms. The molecule has 31 heavy (non-hydrogen) atoms. The first-order chi connectivity index (χ1) is 14.9. The first-order valence-corrected chi connectivity index (χ1v) is 10.3. The number of hydrogen-bond acceptors (Lipinski definition) is 5. The molecule has 158 valence electrons. The van der Waals surface area contributed by atoms with E-state index in [1.165, 1.54) is 11.8 Å². The van der Waals surface area contributed by atoms with E-state index < -0.39 is 34.9 Å². The van der Waals surface area contributed by atoms with Gasteiger partial charge in [-0.2, -0.15) is 0 Å². The molecule has 4 rings (SSSR count). The zero-order valence-corrected chi connectivity index (χ0v) is 16.8. The highest BCUT2D eigenvalue weighted by Gasteiger charge is 2.35. The van der Waals surface area contributed by atoms with Crippen molar-refractivity contribution in [1.29, 1.82) is 0 Å². The molecule has 1 atom stereocenters. The average Bonchev–Trinajstić information content (AvgIpc) is 2.74. The molecule has 0 saturated heterocycles. The predicted molar refractivity (Wildman–Crippen MR) is 112 cm³/mol. The van der Waals surface area contributed by atoms with Crippen LogP contribution in [0.2, 0.25) is 0 Å². The molecule has 2 heterocycles. The summed E-state index contributed by atoms with van der Waals surface area (Å²) < 4.78 is 27.3. The summed E-state index contributed by atoms with van der Waals surface area (Å²) in [5, 5.41) is 5.04. The van der Waals surface area contributed by atoms with Crippen LogP contribution in [0.3, 0.4) is 0 Å². The fourth-order valence-electron chi connectivity index (χ4n) is 3.18. The van der Waals surface area contributed by atoms with Crippen LogP contribution in [0.5, 0.6) is 0 Å². The highest BCUT2D eigenvalue weighted by atomic mass is 32.2. The number of hydrogen-bond donors (Lipinski definition) is 3. The summed E-state index contributed by atoms with van der Waals surface area (Å²) in [6.45, 7) is 0. The first-order valence-electron chi connectivity index (χ1n) is 9.27. The van der Waals surface area contributed by atoms with E-state index in [1.54, 1.807) is 0 Å². The van der Waals surface area contributed by atoms with Crippen LogP contribution in [0.25, 0.3) is 0 Å². The Morgan fingerprint density at radius 2 is 1.94 bits per heavy atom. The van der Waals surface area contributed by atoms with Gasteiger partial charge in [0.1, 0.15) is 17.5 Å². The number of fused-ring (bicyclic) bond motifs is 1. The molecular formula is C21H16F2N4O3S. The predicted octanol–water partition coefficient (Wildman–Crippen LogP) is 3.40. The summed E-state index contributed by atoms with van der Waals surface area (Å²) in [6, 6.07) is 12.1. The van der Waals surface area contributed by atoms with Gasteiger partial charge in [0, 0.05) is 18.2 Å². The largest absolute Gasteiger partial charge is 0.323 e. The molecular weight excluding hydrogens is 426 g/mol. The van der Waals surface area contributed by atoms with Crippen LogP contribution in [0.1, 0.15) is 23.5 Å². The van der Waals surface area contributed by atoms with Gasteiger partial charge < -0.3 is 15.6 Å². The van der Waals surface area contributed by atoms with Crippen LogP contribution in [0.4, 0.5) is 20.3 Å². The Morgan fingerprint density at radius 1 is 1.16 bits per heavy atom. The van der Waals surface area contributed by atoms with Crippen molar-refractivity contribution in [2.24, 2.45) is 0 Å². The van der Waals surface area contributed by atoms with Gasteiger partial charge in [0.05, 0.1) is 17.2 Å². The number of halogens is 2. The van der Waals surface area contributed by atoms with Gasteiger partial charge in [-0.1, -0.05) is 42.1 Å². The van der Waals surface area contributed by atoms with Crippen molar-refractivity contribution in [1.82, 2.24) is 9.97 Å². The minimum atomic E-state index is -1.20. The lowest BCUT2D eigenvalue weighted by molar-refractivity contribution is -0.123. The number of nitrogens with zero attached hydrogens (tertiary/aromatic N) is 1. The molecule has 1 aliphatic rings. The third-order valence-electron chi connectivity index (χ3n) is 4.65. The van der Waals surface area contributed by atoms with Gasteiger partial charge in [-0.05, 0) is 17.7 Å². The fraction of sp³-hybridized carbons (Fsp3) is 0.143. The lowest BCUT2D eigenvalue weighted by atomic mass is 9.92. The molecule has 1 aliphatic heterocycles. The molecule has 0 saturated carbocycles. The van der Waals surface area contributed by atoms with Crippen LogP contribution < -0.4 is 16.2 Å². The molecule has 3 aromatic rings. The van der Waals surface area contributed by atoms with Crippen molar-refractivity contribution >= 4 is 35.1 Å². The third-order valence-corrected chi connectivity index (χ3v) is 5.59. The van der Waals surface area contributed by atoms with Crippen LogP contribution in [0.15, 0.2) is 58.5 Å². The van der Waals surface area contributed by atoms with Crippen LogP contribution in [-0.2, 0) is 15.3 Å². The maximum absolute atomic E-state index is 13.9. The number of H-pyrrole nitrogens is 1. The molecule has 1 aromatic heterocycles. The van der Waals surface area contributed by atoms with Crippen molar-refractivity contribution in [3.63, 3.8) is 0 Å². The number of rotatable bonds is 5. The lowest BCUT2D eigenvalue weighted by Gasteiger charge is -2.23. The fourth-order valence-corrected chi connectivity index (χ4v) is 4.00. The Bertz CT molecular complexity index is 1220. The second kappa shape index (κ2) is 8.68. The summed E-state index contributed by atoms with van der Waals surface area (Å²) in [5.74, 6) is -3.57. The van der Waals surface area contributed by atoms with E-state index in [2.05, 4.69) is 20.6 Å². The number of aromatic amines is 1. The zero-order chi connectivity index (χ0) is 22.0. The Kier molecular flexibility index (Phi) is 5.81. The molecule has 0 radical (unpaired) electrons. The number of anilines is 2. The second-order valence-electron chi connectivity index (χ2n) is 6.83. The maximum atomic E-state index is 13.9. The summed E-state index contributed by atoms with van der Waals surface area (Å²) in [5.41, 5.74) is 0.0293. The zero-order valence-electron chi connectivity index (χ0n) is 15.9. The van der Waals surface area contributed by atoms with E-state index >= 15 is 0 Å². The van der Waals surface area contributed by atoms with E-state index in [1.807, 2.05) is 30.3 Å². The summed E-state index contributed by atoms with van der Waals surface area (Å²) in [4.78, 5) is 44.5. The lowest BCUT2D eigenvalue weighted by Crippen LogP contribution is -2.36. The van der Waals surface area contributed by atoms with Crippen LogP contribution >= 0.6 is 11.8 Å². The Morgan fingerprint density at radius 3 is 2.71 bits per heavy atom. The summed E-state index contributed by atoms with van der Waals surface area (Å²) >= 11 is 1.27. The van der Waals surface area contributed by atoms with E-state index in [0.717, 1.165) is 23.8 Å². The quantitative estimate of drug-likeness (QED) is 0.415. The van der Waals surface area contributed by atoms with Gasteiger partial charge in [0.25, 0.3) is 5.56 Å². The van der Waals surface area contributed by atoms with Gasteiger partial charge in [0.2, 0.25) is 11.8 Å². The monoisotopic (exact) mass is 442 g/mol. The molecule has 0 fully saturated rings. The molecule has 0 aliphatic carbocycles. The minimum Gasteiger partial charge on any atom is -0.323 e. The van der Waals surface area contributed by atoms with Crippen LogP contribution in [-0.4, -0.2) is 21.8 Å². The van der Waals surface area contributed by atoms with Gasteiger partial charge in [0.15, 0.2) is 5.16 Å². The SMILES string of the molecule is O=C1C[C@H](C(=O)Nc2cc(F)ccc2F)c2c(nc(SCc3ccccc3)[nH]c2=O)N1. The smallest absolute Gasteiger partial charge is 0.257 e. The Hall–Kier alpha value is -3.53. The van der Waals surface area contributed by atoms with Gasteiger partial charge in [-0.3, -0.25) is 14.4 Å². The molecule has 2 amide bonds. The van der Waals surface area contributed by atoms with E-state index in [4.69, 9.17) is 0 Å². The van der Waals surface area contributed by atoms with E-state index in [0.29, 0.717) is 5.75 Å². The minimum absolute atomic E-state index is 0.0181. The third kappa shape index (κ3) is 4.64. The number of carbonyl (C=O) groups excluding carboxylic acids is 2. The Labute approximate surface area is 179 Å². The molecule has 0 spiro atoms. The Balaban J connectivity index is 1.60. The number of carbonyl (C=O) groups is 2. The van der Waals surface area contributed by atoms with Gasteiger partial charge in [-0.25, -0.2) is 13.8 Å². The van der Waals surface area contributed by atoms with Gasteiger partial charge >= 0.3 is 0 Å². The summed E-state index contributed by atoms with van der Waals surface area (Å²) in [7, 11) is 0. The highest BCUT2D eigenvalue weighted by Crippen LogP contribution is 2.31. The van der Waals surface area contributed by atoms with Crippen molar-refractivity contribution in [2.45, 2.75) is 23.2 Å². The molecule has 3 N–H and O–H groups in total. The number of thioether (sulfide) groups is 1. The standard InChI is InChI=1S/C21H16F2N4O3S/c22-12-6-7-14(23)15(8-12)24-19(29)13-9-16(28)25-18-17(13)20(30)27-21(26-18)31-10-11-4-2-1-3-5-11/h1-8,13H,9-10H2,(H,24,29)(H2,25,26,27,28,30)/t13-/m0/s1. The number of benzene rings is 2. The number of nitrogens with one attached hydrogen (secondary N) is 3. The molecule has 7 nitrogen and oxygen atoms in total. The number of amides is 2. The molecule has 10 heteroatoms. The van der Waals surface area contributed by atoms with Crippen molar-refractivity contribution < 1.29 is 18.4 Å². The normalized spacial score (nSPS) is 15.2. The number of aromatic nitrogens is 2. The molecule has 0 unspecified atom stereocenters.